The van der Waals surface area contributed by atoms with Gasteiger partial charge in [0.2, 0.25) is 0 Å². The summed E-state index contributed by atoms with van der Waals surface area (Å²) in [6, 6.07) is 1.72. The number of carbonyl (C=O) groups excluding carboxylic acids is 2. The van der Waals surface area contributed by atoms with E-state index in [1.807, 2.05) is 0 Å². The number of aliphatic hydroxyl groups is 1. The lowest BCUT2D eigenvalue weighted by Crippen LogP contribution is -2.53. The average molecular weight is 596 g/mol. The fourth-order valence-corrected chi connectivity index (χ4v) is 5.26. The standard InChI is InChI=1S/C25H27F6N3O5S/c1-12-10-14(23(39,24(26,27)28)25(29,30)31)7-8-15(12)17-16(20(36)34-9-5-6-13(34)2)33-19(40-17)18(35)32-11-22(3,4)21(37)38/h7-8,10,13,39H,5-6,9,11H2,1-4H3,(H,32,35)(H,37,38). The number of thiazole rings is 1. The van der Waals surface area contributed by atoms with Crippen molar-refractivity contribution in [1.29, 1.82) is 0 Å². The van der Waals surface area contributed by atoms with Crippen LogP contribution in [0.1, 0.15) is 65.0 Å². The van der Waals surface area contributed by atoms with Crippen molar-refractivity contribution in [3.8, 4) is 10.4 Å². The van der Waals surface area contributed by atoms with Gasteiger partial charge in [-0.25, -0.2) is 4.98 Å². The maximum absolute atomic E-state index is 13.4. The van der Waals surface area contributed by atoms with Crippen LogP contribution < -0.4 is 5.32 Å². The van der Waals surface area contributed by atoms with E-state index in [-0.39, 0.29) is 39.3 Å². The number of nitrogens with zero attached hydrogens (tertiary/aromatic N) is 2. The van der Waals surface area contributed by atoms with E-state index in [1.165, 1.54) is 25.7 Å². The molecule has 1 aliphatic rings. The van der Waals surface area contributed by atoms with Gasteiger partial charge < -0.3 is 20.4 Å². The molecule has 0 aliphatic carbocycles. The van der Waals surface area contributed by atoms with Crippen LogP contribution in [0.25, 0.3) is 10.4 Å². The third kappa shape index (κ3) is 5.66. The van der Waals surface area contributed by atoms with E-state index in [4.69, 9.17) is 0 Å². The molecule has 40 heavy (non-hydrogen) atoms. The van der Waals surface area contributed by atoms with Crippen molar-refractivity contribution in [2.45, 2.75) is 64.5 Å². The predicted molar refractivity (Wildman–Crippen MR) is 132 cm³/mol. The number of aryl methyl sites for hydroxylation is 1. The number of halogens is 6. The van der Waals surface area contributed by atoms with E-state index in [9.17, 15) is 50.9 Å². The summed E-state index contributed by atoms with van der Waals surface area (Å²) in [5.41, 5.74) is -8.27. The number of carboxylic acid groups (broad SMARTS) is 1. The maximum atomic E-state index is 13.4. The Morgan fingerprint density at radius 3 is 2.20 bits per heavy atom. The molecule has 1 aromatic heterocycles. The number of rotatable bonds is 7. The molecule has 1 fully saturated rings. The zero-order valence-electron chi connectivity index (χ0n) is 21.8. The molecule has 0 spiro atoms. The van der Waals surface area contributed by atoms with Crippen molar-refractivity contribution in [2.75, 3.05) is 13.1 Å². The van der Waals surface area contributed by atoms with Gasteiger partial charge in [-0.15, -0.1) is 11.3 Å². The second-order valence-corrected chi connectivity index (χ2v) is 11.3. The number of benzene rings is 1. The number of aromatic nitrogens is 1. The Bertz CT molecular complexity index is 1310. The monoisotopic (exact) mass is 595 g/mol. The average Bonchev–Trinajstić information content (AvgIpc) is 3.46. The summed E-state index contributed by atoms with van der Waals surface area (Å²) < 4.78 is 80.5. The second kappa shape index (κ2) is 10.7. The van der Waals surface area contributed by atoms with Gasteiger partial charge in [0.1, 0.15) is 5.69 Å². The van der Waals surface area contributed by atoms with Crippen LogP contribution in [0.3, 0.4) is 0 Å². The van der Waals surface area contributed by atoms with Crippen LogP contribution in [-0.2, 0) is 10.4 Å². The largest absolute Gasteiger partial charge is 0.481 e. The van der Waals surface area contributed by atoms with Gasteiger partial charge in [-0.2, -0.15) is 26.3 Å². The highest BCUT2D eigenvalue weighted by atomic mass is 32.1. The minimum Gasteiger partial charge on any atom is -0.481 e. The molecule has 2 amide bonds. The summed E-state index contributed by atoms with van der Waals surface area (Å²) in [6.07, 6.45) is -10.8. The predicted octanol–water partition coefficient (Wildman–Crippen LogP) is 4.90. The highest BCUT2D eigenvalue weighted by Crippen LogP contribution is 2.50. The number of alkyl halides is 6. The Balaban J connectivity index is 2.11. The molecule has 1 atom stereocenters. The Labute approximate surface area is 229 Å². The van der Waals surface area contributed by atoms with Crippen molar-refractivity contribution in [3.05, 3.63) is 40.0 Å². The van der Waals surface area contributed by atoms with Crippen LogP contribution >= 0.6 is 11.3 Å². The number of hydrogen-bond acceptors (Lipinski definition) is 6. The molecule has 1 unspecified atom stereocenters. The lowest BCUT2D eigenvalue weighted by Gasteiger charge is -2.33. The number of likely N-dealkylation sites (tertiary alicyclic amines) is 1. The highest BCUT2D eigenvalue weighted by molar-refractivity contribution is 7.17. The molecule has 2 heterocycles. The van der Waals surface area contributed by atoms with Gasteiger partial charge in [0.15, 0.2) is 5.01 Å². The van der Waals surface area contributed by atoms with Gasteiger partial charge in [0.25, 0.3) is 17.4 Å². The third-order valence-corrected chi connectivity index (χ3v) is 7.90. The van der Waals surface area contributed by atoms with Gasteiger partial charge in [-0.3, -0.25) is 14.4 Å². The van der Waals surface area contributed by atoms with Gasteiger partial charge >= 0.3 is 18.3 Å². The molecular formula is C25H27F6N3O5S. The number of amides is 2. The zero-order valence-corrected chi connectivity index (χ0v) is 22.6. The van der Waals surface area contributed by atoms with E-state index in [0.29, 0.717) is 42.9 Å². The quantitative estimate of drug-likeness (QED) is 0.392. The molecule has 1 saturated heterocycles. The van der Waals surface area contributed by atoms with Gasteiger partial charge in [0, 0.05) is 24.7 Å². The molecule has 2 aromatic rings. The number of hydrogen-bond donors (Lipinski definition) is 3. The Kier molecular flexibility index (Phi) is 8.34. The molecule has 3 N–H and O–H groups in total. The smallest absolute Gasteiger partial charge is 0.430 e. The Morgan fingerprint density at radius 2 is 1.73 bits per heavy atom. The molecule has 0 radical (unpaired) electrons. The molecule has 15 heteroatoms. The number of carboxylic acids is 1. The lowest BCUT2D eigenvalue weighted by molar-refractivity contribution is -0.376. The summed E-state index contributed by atoms with van der Waals surface area (Å²) >= 11 is 0.682. The van der Waals surface area contributed by atoms with Gasteiger partial charge in [-0.1, -0.05) is 18.2 Å². The fourth-order valence-electron chi connectivity index (χ4n) is 4.20. The minimum atomic E-state index is -6.08. The first-order valence-electron chi connectivity index (χ1n) is 12.0. The fraction of sp³-hybridized carbons (Fsp3) is 0.520. The molecule has 220 valence electrons. The molecule has 1 aliphatic heterocycles. The Hall–Kier alpha value is -3.20. The topological polar surface area (TPSA) is 120 Å². The second-order valence-electron chi connectivity index (χ2n) is 10.3. The first-order valence-corrected chi connectivity index (χ1v) is 12.8. The van der Waals surface area contributed by atoms with Crippen LogP contribution in [-0.4, -0.2) is 69.4 Å². The number of aliphatic carboxylic acids is 1. The molecule has 0 bridgehead atoms. The molecule has 8 nitrogen and oxygen atoms in total. The number of carbonyl (C=O) groups is 3. The summed E-state index contributed by atoms with van der Waals surface area (Å²) in [5.74, 6) is -2.57. The highest BCUT2D eigenvalue weighted by Gasteiger charge is 2.71. The lowest BCUT2D eigenvalue weighted by atomic mass is 9.89. The SMILES string of the molecule is Cc1cc(C(O)(C(F)(F)F)C(F)(F)F)ccc1-c1sc(C(=O)NCC(C)(C)C(=O)O)nc1C(=O)N1CCCC1C. The van der Waals surface area contributed by atoms with Crippen molar-refractivity contribution in [3.63, 3.8) is 0 Å². The van der Waals surface area contributed by atoms with Crippen molar-refractivity contribution in [1.82, 2.24) is 15.2 Å². The van der Waals surface area contributed by atoms with E-state index in [2.05, 4.69) is 10.3 Å². The Morgan fingerprint density at radius 1 is 1.12 bits per heavy atom. The van der Waals surface area contributed by atoms with Gasteiger partial charge in [-0.05, 0) is 51.7 Å². The maximum Gasteiger partial charge on any atom is 0.430 e. The molecule has 3 rings (SSSR count). The van der Waals surface area contributed by atoms with E-state index in [0.717, 1.165) is 6.07 Å². The van der Waals surface area contributed by atoms with E-state index in [1.54, 1.807) is 6.92 Å². The summed E-state index contributed by atoms with van der Waals surface area (Å²) in [5, 5.41) is 21.2. The van der Waals surface area contributed by atoms with Crippen molar-refractivity contribution >= 4 is 29.1 Å². The molecule has 0 saturated carbocycles. The first kappa shape index (κ1) is 31.3. The van der Waals surface area contributed by atoms with Crippen LogP contribution in [0.15, 0.2) is 18.2 Å². The molecular weight excluding hydrogens is 568 g/mol. The van der Waals surface area contributed by atoms with Crippen LogP contribution in [0.5, 0.6) is 0 Å². The van der Waals surface area contributed by atoms with Crippen molar-refractivity contribution < 1.29 is 50.9 Å². The summed E-state index contributed by atoms with van der Waals surface area (Å²) in [6.45, 7) is 5.85. The first-order chi connectivity index (χ1) is 18.2. The van der Waals surface area contributed by atoms with Crippen molar-refractivity contribution in [2.24, 2.45) is 5.41 Å². The van der Waals surface area contributed by atoms with Crippen LogP contribution in [0.2, 0.25) is 0 Å². The summed E-state index contributed by atoms with van der Waals surface area (Å²) in [4.78, 5) is 43.3. The van der Waals surface area contributed by atoms with E-state index >= 15 is 0 Å². The minimum absolute atomic E-state index is 0.0263. The zero-order chi connectivity index (χ0) is 30.4. The molecule has 1 aromatic carbocycles. The normalized spacial score (nSPS) is 16.8. The number of nitrogens with one attached hydrogen (secondary N) is 1. The third-order valence-electron chi connectivity index (χ3n) is 6.82. The summed E-state index contributed by atoms with van der Waals surface area (Å²) in [7, 11) is 0. The van der Waals surface area contributed by atoms with Crippen LogP contribution in [0, 0.1) is 12.3 Å². The van der Waals surface area contributed by atoms with Crippen LogP contribution in [0.4, 0.5) is 26.3 Å². The van der Waals surface area contributed by atoms with Gasteiger partial charge in [0.05, 0.1) is 10.3 Å². The van der Waals surface area contributed by atoms with E-state index < -0.39 is 46.7 Å².